The molecule has 2 aromatic carbocycles. The van der Waals surface area contributed by atoms with E-state index in [1.165, 1.54) is 0 Å². The summed E-state index contributed by atoms with van der Waals surface area (Å²) in [5.41, 5.74) is 2.18. The predicted molar refractivity (Wildman–Crippen MR) is 100 cm³/mol. The van der Waals surface area contributed by atoms with Crippen molar-refractivity contribution in [2.45, 2.75) is 46.3 Å². The quantitative estimate of drug-likeness (QED) is 0.788. The number of hydrogen-bond donors (Lipinski definition) is 1. The summed E-state index contributed by atoms with van der Waals surface area (Å²) in [6.07, 6.45) is 0.0909. The first-order chi connectivity index (χ1) is 12.0. The molecule has 134 valence electrons. The van der Waals surface area contributed by atoms with E-state index in [-0.39, 0.29) is 11.9 Å². The van der Waals surface area contributed by atoms with Crippen LogP contribution in [0.2, 0.25) is 0 Å². The van der Waals surface area contributed by atoms with Crippen molar-refractivity contribution < 1.29 is 14.3 Å². The molecule has 2 atom stereocenters. The third-order valence-corrected chi connectivity index (χ3v) is 3.90. The number of nitrogens with one attached hydrogen (secondary N) is 1. The van der Waals surface area contributed by atoms with E-state index in [0.717, 1.165) is 16.9 Å². The van der Waals surface area contributed by atoms with Crippen molar-refractivity contribution in [1.82, 2.24) is 5.32 Å². The normalized spacial score (nSPS) is 13.0. The number of ether oxygens (including phenoxy) is 2. The van der Waals surface area contributed by atoms with E-state index in [4.69, 9.17) is 9.47 Å². The van der Waals surface area contributed by atoms with Crippen LogP contribution in [0.5, 0.6) is 11.5 Å². The van der Waals surface area contributed by atoms with Gasteiger partial charge in [-0.1, -0.05) is 37.3 Å². The van der Waals surface area contributed by atoms with Gasteiger partial charge in [0.15, 0.2) is 6.10 Å². The van der Waals surface area contributed by atoms with Crippen molar-refractivity contribution in [3.8, 4) is 11.5 Å². The van der Waals surface area contributed by atoms with Gasteiger partial charge in [-0.3, -0.25) is 4.79 Å². The smallest absolute Gasteiger partial charge is 0.261 e. The number of aryl methyl sites for hydroxylation is 2. The zero-order valence-corrected chi connectivity index (χ0v) is 15.4. The lowest BCUT2D eigenvalue weighted by atomic mass is 10.2. The van der Waals surface area contributed by atoms with Crippen LogP contribution in [0.15, 0.2) is 48.5 Å². The molecule has 2 aromatic rings. The average molecular weight is 341 g/mol. The first-order valence-electron chi connectivity index (χ1n) is 8.71. The fourth-order valence-electron chi connectivity index (χ4n) is 2.49. The molecule has 0 aliphatic heterocycles. The Morgan fingerprint density at radius 3 is 2.56 bits per heavy atom. The minimum absolute atomic E-state index is 0.109. The molecule has 0 aliphatic rings. The second-order valence-corrected chi connectivity index (χ2v) is 6.32. The lowest BCUT2D eigenvalue weighted by molar-refractivity contribution is -0.128. The molecular weight excluding hydrogens is 314 g/mol. The van der Waals surface area contributed by atoms with Gasteiger partial charge in [-0.05, 0) is 56.5 Å². The first-order valence-corrected chi connectivity index (χ1v) is 8.71. The molecule has 0 fully saturated rings. The van der Waals surface area contributed by atoms with Gasteiger partial charge in [0, 0.05) is 0 Å². The van der Waals surface area contributed by atoms with Crippen LogP contribution in [0.1, 0.15) is 31.4 Å². The molecule has 0 aliphatic carbocycles. The van der Waals surface area contributed by atoms with Gasteiger partial charge in [0.1, 0.15) is 18.1 Å². The second kappa shape index (κ2) is 9.11. The highest BCUT2D eigenvalue weighted by Gasteiger charge is 2.20. The molecule has 2 rings (SSSR count). The van der Waals surface area contributed by atoms with E-state index in [1.807, 2.05) is 76.2 Å². The number of rotatable bonds is 8. The summed E-state index contributed by atoms with van der Waals surface area (Å²) < 4.78 is 11.6. The maximum Gasteiger partial charge on any atom is 0.261 e. The van der Waals surface area contributed by atoms with Gasteiger partial charge in [-0.25, -0.2) is 0 Å². The van der Waals surface area contributed by atoms with Crippen LogP contribution >= 0.6 is 0 Å². The molecule has 0 saturated heterocycles. The Bertz CT molecular complexity index is 699. The van der Waals surface area contributed by atoms with E-state index < -0.39 is 6.10 Å². The number of amides is 1. The Morgan fingerprint density at radius 2 is 1.88 bits per heavy atom. The van der Waals surface area contributed by atoms with Crippen LogP contribution in [0.25, 0.3) is 0 Å². The number of carbonyl (C=O) groups excluding carboxylic acids is 1. The monoisotopic (exact) mass is 341 g/mol. The van der Waals surface area contributed by atoms with Gasteiger partial charge in [0.05, 0.1) is 6.04 Å². The highest BCUT2D eigenvalue weighted by atomic mass is 16.5. The van der Waals surface area contributed by atoms with Crippen molar-refractivity contribution >= 4 is 5.91 Å². The minimum atomic E-state index is -0.511. The summed E-state index contributed by atoms with van der Waals surface area (Å²) in [6.45, 7) is 8.28. The van der Waals surface area contributed by atoms with Gasteiger partial charge in [-0.15, -0.1) is 0 Å². The van der Waals surface area contributed by atoms with E-state index in [9.17, 15) is 4.79 Å². The maximum absolute atomic E-state index is 12.5. The molecule has 4 heteroatoms. The van der Waals surface area contributed by atoms with Crippen molar-refractivity contribution in [1.29, 1.82) is 0 Å². The third kappa shape index (κ3) is 5.82. The van der Waals surface area contributed by atoms with Crippen LogP contribution in [0.4, 0.5) is 0 Å². The molecular formula is C21H27NO3. The summed E-state index contributed by atoms with van der Waals surface area (Å²) >= 11 is 0. The Morgan fingerprint density at radius 1 is 1.12 bits per heavy atom. The first kappa shape index (κ1) is 18.8. The average Bonchev–Trinajstić information content (AvgIpc) is 2.59. The molecule has 0 radical (unpaired) electrons. The van der Waals surface area contributed by atoms with E-state index in [2.05, 4.69) is 5.32 Å². The molecule has 25 heavy (non-hydrogen) atoms. The van der Waals surface area contributed by atoms with Gasteiger partial charge in [-0.2, -0.15) is 0 Å². The summed E-state index contributed by atoms with van der Waals surface area (Å²) in [5.74, 6) is 1.43. The zero-order chi connectivity index (χ0) is 18.2. The summed E-state index contributed by atoms with van der Waals surface area (Å²) in [4.78, 5) is 12.5. The van der Waals surface area contributed by atoms with Crippen molar-refractivity contribution in [3.05, 3.63) is 59.7 Å². The van der Waals surface area contributed by atoms with Crippen LogP contribution < -0.4 is 14.8 Å². The molecule has 1 N–H and O–H groups in total. The van der Waals surface area contributed by atoms with Crippen molar-refractivity contribution in [2.24, 2.45) is 0 Å². The molecule has 0 bridgehead atoms. The molecule has 1 amide bonds. The number of para-hydroxylation sites is 1. The van der Waals surface area contributed by atoms with Crippen molar-refractivity contribution in [2.75, 3.05) is 6.61 Å². The molecule has 0 spiro atoms. The third-order valence-electron chi connectivity index (χ3n) is 3.90. The molecule has 0 unspecified atom stereocenters. The number of benzene rings is 2. The van der Waals surface area contributed by atoms with E-state index >= 15 is 0 Å². The number of carbonyl (C=O) groups is 1. The van der Waals surface area contributed by atoms with Gasteiger partial charge in [0.2, 0.25) is 0 Å². The molecule has 0 aromatic heterocycles. The summed E-state index contributed by atoms with van der Waals surface area (Å²) in [5, 5.41) is 2.97. The van der Waals surface area contributed by atoms with Gasteiger partial charge >= 0.3 is 0 Å². The van der Waals surface area contributed by atoms with Crippen LogP contribution in [0, 0.1) is 13.8 Å². The van der Waals surface area contributed by atoms with E-state index in [0.29, 0.717) is 18.8 Å². The maximum atomic E-state index is 12.5. The Hall–Kier alpha value is -2.49. The Kier molecular flexibility index (Phi) is 6.87. The molecule has 4 nitrogen and oxygen atoms in total. The molecule has 0 heterocycles. The van der Waals surface area contributed by atoms with Crippen LogP contribution in [-0.4, -0.2) is 24.7 Å². The Balaban J connectivity index is 1.87. The fourth-order valence-corrected chi connectivity index (χ4v) is 2.49. The van der Waals surface area contributed by atoms with Gasteiger partial charge in [0.25, 0.3) is 5.91 Å². The van der Waals surface area contributed by atoms with E-state index in [1.54, 1.807) is 0 Å². The predicted octanol–water partition coefficient (Wildman–Crippen LogP) is 4.04. The minimum Gasteiger partial charge on any atom is -0.491 e. The summed E-state index contributed by atoms with van der Waals surface area (Å²) in [7, 11) is 0. The second-order valence-electron chi connectivity index (χ2n) is 6.32. The fraction of sp³-hybridized carbons (Fsp3) is 0.381. The largest absolute Gasteiger partial charge is 0.491 e. The van der Waals surface area contributed by atoms with Crippen molar-refractivity contribution in [3.63, 3.8) is 0 Å². The standard InChI is InChI=1S/C21H27NO3/c1-5-19(25-18-11-8-9-15(2)13-18)21(23)22-17(4)14-24-20-12-7-6-10-16(20)3/h6-13,17,19H,5,14H2,1-4H3,(H,22,23)/t17-,19-/m0/s1. The highest BCUT2D eigenvalue weighted by Crippen LogP contribution is 2.17. The SMILES string of the molecule is CC[C@H](Oc1cccc(C)c1)C(=O)N[C@@H](C)COc1ccccc1C. The topological polar surface area (TPSA) is 47.6 Å². The lowest BCUT2D eigenvalue weighted by Gasteiger charge is -2.21. The summed E-state index contributed by atoms with van der Waals surface area (Å²) in [6, 6.07) is 15.5. The lowest BCUT2D eigenvalue weighted by Crippen LogP contribution is -2.44. The van der Waals surface area contributed by atoms with Crippen LogP contribution in [0.3, 0.4) is 0 Å². The van der Waals surface area contributed by atoms with Gasteiger partial charge < -0.3 is 14.8 Å². The Labute approximate surface area is 150 Å². The zero-order valence-electron chi connectivity index (χ0n) is 15.4. The highest BCUT2D eigenvalue weighted by molar-refractivity contribution is 5.81. The number of hydrogen-bond acceptors (Lipinski definition) is 3. The van der Waals surface area contributed by atoms with Crippen LogP contribution in [-0.2, 0) is 4.79 Å². The molecule has 0 saturated carbocycles.